The molecule has 270 valence electrons. The Morgan fingerprint density at radius 1 is 0.760 bits per heavy atom. The molecule has 2 aromatic rings. The van der Waals surface area contributed by atoms with Crippen molar-refractivity contribution in [3.05, 3.63) is 65.7 Å². The molecule has 2 aromatic carbocycles. The van der Waals surface area contributed by atoms with Crippen molar-refractivity contribution in [1.29, 1.82) is 0 Å². The summed E-state index contributed by atoms with van der Waals surface area (Å²) in [5.74, 6) is -0.847. The fraction of sp³-hybridized carbons (Fsp3) is 0.600. The lowest BCUT2D eigenvalue weighted by molar-refractivity contribution is -0.162. The molecule has 4 aliphatic rings. The number of hydrogen-bond donors (Lipinski definition) is 2. The molecule has 4 fully saturated rings. The summed E-state index contributed by atoms with van der Waals surface area (Å²) in [5, 5.41) is 12.8. The predicted molar refractivity (Wildman–Crippen MR) is 192 cm³/mol. The molecule has 0 aromatic heterocycles. The van der Waals surface area contributed by atoms with Gasteiger partial charge >= 0.3 is 23.6 Å². The number of amides is 4. The molecule has 0 spiro atoms. The maximum absolute atomic E-state index is 14.1. The monoisotopic (exact) mass is 685 g/mol. The van der Waals surface area contributed by atoms with E-state index in [1.165, 1.54) is 19.3 Å². The van der Waals surface area contributed by atoms with E-state index < -0.39 is 17.7 Å². The minimum Gasteiger partial charge on any atom is -0.508 e. The van der Waals surface area contributed by atoms with Crippen molar-refractivity contribution in [3.8, 4) is 5.75 Å². The minimum absolute atomic E-state index is 0.0234. The van der Waals surface area contributed by atoms with Crippen LogP contribution in [0.4, 0.5) is 0 Å². The Morgan fingerprint density at radius 3 is 2.20 bits per heavy atom. The number of likely N-dealkylation sites (tertiary alicyclic amines) is 1. The number of aromatic hydroxyl groups is 1. The van der Waals surface area contributed by atoms with Crippen LogP contribution in [0.1, 0.15) is 76.3 Å². The molecule has 4 atom stereocenters. The van der Waals surface area contributed by atoms with Crippen LogP contribution in [-0.2, 0) is 32.0 Å². The van der Waals surface area contributed by atoms with Crippen molar-refractivity contribution in [2.75, 3.05) is 39.3 Å². The molecule has 3 aliphatic heterocycles. The van der Waals surface area contributed by atoms with E-state index in [2.05, 4.69) is 36.2 Å². The van der Waals surface area contributed by atoms with Crippen molar-refractivity contribution in [2.24, 2.45) is 11.8 Å². The Morgan fingerprint density at radius 2 is 1.48 bits per heavy atom. The van der Waals surface area contributed by atoms with E-state index in [1.54, 1.807) is 17.0 Å². The third-order valence-corrected chi connectivity index (χ3v) is 11.4. The zero-order chi connectivity index (χ0) is 35.2. The van der Waals surface area contributed by atoms with Crippen LogP contribution in [0.25, 0.3) is 0 Å². The summed E-state index contributed by atoms with van der Waals surface area (Å²) >= 11 is 0. The highest BCUT2D eigenvalue weighted by Gasteiger charge is 2.44. The van der Waals surface area contributed by atoms with E-state index in [-0.39, 0.29) is 35.8 Å². The minimum atomic E-state index is -0.560. The number of nitrogens with one attached hydrogen (secondary N) is 1. The summed E-state index contributed by atoms with van der Waals surface area (Å²) in [4.78, 5) is 61.9. The molecule has 2 N–H and O–H groups in total. The van der Waals surface area contributed by atoms with Gasteiger partial charge in [0.05, 0.1) is 12.1 Å². The fourth-order valence-electron chi connectivity index (χ4n) is 8.77. The fourth-order valence-corrected chi connectivity index (χ4v) is 8.77. The Balaban J connectivity index is 1.23. The van der Waals surface area contributed by atoms with Crippen LogP contribution in [0.5, 0.6) is 5.75 Å². The molecule has 50 heavy (non-hydrogen) atoms. The van der Waals surface area contributed by atoms with Gasteiger partial charge in [-0.1, -0.05) is 75.6 Å². The average molecular weight is 686 g/mol. The number of phenolic OH excluding ortho intramolecular Hbond substituents is 1. The lowest BCUT2D eigenvalue weighted by Crippen LogP contribution is -2.65. The Kier molecular flexibility index (Phi) is 11.8. The first-order valence-electron chi connectivity index (χ1n) is 18.9. The quantitative estimate of drug-likeness (QED) is 0.309. The smallest absolute Gasteiger partial charge is 0.312 e. The van der Waals surface area contributed by atoms with Crippen LogP contribution >= 0.6 is 0 Å². The van der Waals surface area contributed by atoms with Crippen molar-refractivity contribution in [2.45, 2.75) is 102 Å². The summed E-state index contributed by atoms with van der Waals surface area (Å²) in [6.07, 6.45) is 9.72. The molecular formula is C40H55N5O5. The van der Waals surface area contributed by atoms with Gasteiger partial charge in [-0.25, -0.2) is 0 Å². The van der Waals surface area contributed by atoms with Crippen molar-refractivity contribution >= 4 is 23.6 Å². The average Bonchev–Trinajstić information content (AvgIpc) is 3.55. The van der Waals surface area contributed by atoms with Crippen molar-refractivity contribution in [1.82, 2.24) is 24.9 Å². The normalized spacial score (nSPS) is 24.7. The van der Waals surface area contributed by atoms with Gasteiger partial charge in [0, 0.05) is 44.8 Å². The summed E-state index contributed by atoms with van der Waals surface area (Å²) in [7, 11) is 0. The third kappa shape index (κ3) is 8.68. The van der Waals surface area contributed by atoms with E-state index >= 15 is 0 Å². The Bertz CT molecular complexity index is 1480. The van der Waals surface area contributed by atoms with Gasteiger partial charge in [-0.2, -0.15) is 0 Å². The topological polar surface area (TPSA) is 113 Å². The summed E-state index contributed by atoms with van der Waals surface area (Å²) < 4.78 is 0. The second-order valence-electron chi connectivity index (χ2n) is 15.5. The number of phenols is 1. The molecule has 10 nitrogen and oxygen atoms in total. The first-order chi connectivity index (χ1) is 24.2. The predicted octanol–water partition coefficient (Wildman–Crippen LogP) is 4.00. The summed E-state index contributed by atoms with van der Waals surface area (Å²) in [6, 6.07) is 16.7. The Labute approximate surface area is 297 Å². The van der Waals surface area contributed by atoms with Gasteiger partial charge in [-0.3, -0.25) is 24.1 Å². The number of rotatable bonds is 13. The van der Waals surface area contributed by atoms with Crippen molar-refractivity contribution in [3.63, 3.8) is 0 Å². The van der Waals surface area contributed by atoms with Gasteiger partial charge in [-0.15, -0.1) is 0 Å². The van der Waals surface area contributed by atoms with Gasteiger partial charge in [0.2, 0.25) is 0 Å². The van der Waals surface area contributed by atoms with Crippen LogP contribution in [0.2, 0.25) is 0 Å². The number of piperazine rings is 2. The largest absolute Gasteiger partial charge is 0.508 e. The van der Waals surface area contributed by atoms with Gasteiger partial charge in [-0.05, 0) is 86.6 Å². The van der Waals surface area contributed by atoms with Gasteiger partial charge in [0.15, 0.2) is 0 Å². The standard InChI is InChI=1S/C40H55N5O5/c1-28(2)20-34-27-45(40(50)39(49)43(34)24-31-12-7-4-8-13-31)35(22-30-15-17-36(46)18-16-30)25-42-19-9-14-32(42)26-44-33(23-41-37(47)38(44)48)21-29-10-5-3-6-11-29/h3,5-6,10-11,15-18,28,31-35,46H,4,7-9,12-14,19-27H2,1-2H3,(H,41,47)/t32-,33-,34-,35-/m0/s1. The SMILES string of the molecule is CC(C)C[C@H]1CN([C@@H](Cc2ccc(O)cc2)CN2CCC[C@H]2CN2C(=O)C(=O)NC[C@@H]2Cc2ccccc2)C(=O)C(=O)N1CC1CCCCC1. The van der Waals surface area contributed by atoms with E-state index in [0.29, 0.717) is 57.4 Å². The lowest BCUT2D eigenvalue weighted by atomic mass is 9.87. The highest BCUT2D eigenvalue weighted by Crippen LogP contribution is 2.30. The van der Waals surface area contributed by atoms with Crippen LogP contribution in [-0.4, -0.2) is 112 Å². The molecular weight excluding hydrogens is 630 g/mol. The third-order valence-electron chi connectivity index (χ3n) is 11.4. The van der Waals surface area contributed by atoms with E-state index in [1.807, 2.05) is 40.1 Å². The van der Waals surface area contributed by atoms with Gasteiger partial charge < -0.3 is 25.1 Å². The van der Waals surface area contributed by atoms with E-state index in [4.69, 9.17) is 0 Å². The van der Waals surface area contributed by atoms with Crippen LogP contribution in [0, 0.1) is 11.8 Å². The Hall–Kier alpha value is -3.92. The zero-order valence-electron chi connectivity index (χ0n) is 29.8. The molecule has 0 unspecified atom stereocenters. The van der Waals surface area contributed by atoms with E-state index in [9.17, 15) is 24.3 Å². The summed E-state index contributed by atoms with van der Waals surface area (Å²) in [5.41, 5.74) is 2.10. The van der Waals surface area contributed by atoms with Gasteiger partial charge in [0.1, 0.15) is 5.75 Å². The van der Waals surface area contributed by atoms with Gasteiger partial charge in [0.25, 0.3) is 0 Å². The number of hydrogen-bond acceptors (Lipinski definition) is 6. The molecule has 10 heteroatoms. The highest BCUT2D eigenvalue weighted by atomic mass is 16.3. The maximum Gasteiger partial charge on any atom is 0.312 e. The molecule has 0 bridgehead atoms. The number of carbonyl (C=O) groups excluding carboxylic acids is 4. The molecule has 6 rings (SSSR count). The van der Waals surface area contributed by atoms with Crippen LogP contribution in [0.3, 0.4) is 0 Å². The van der Waals surface area contributed by atoms with Crippen molar-refractivity contribution < 1.29 is 24.3 Å². The first-order valence-corrected chi connectivity index (χ1v) is 18.9. The lowest BCUT2D eigenvalue weighted by Gasteiger charge is -2.46. The molecule has 1 saturated carbocycles. The van der Waals surface area contributed by atoms with Crippen LogP contribution < -0.4 is 5.32 Å². The molecule has 1 aliphatic carbocycles. The summed E-state index contributed by atoms with van der Waals surface area (Å²) in [6.45, 7) is 7.74. The number of benzene rings is 2. The molecule has 4 amide bonds. The van der Waals surface area contributed by atoms with E-state index in [0.717, 1.165) is 49.8 Å². The molecule has 3 heterocycles. The molecule has 3 saturated heterocycles. The molecule has 0 radical (unpaired) electrons. The van der Waals surface area contributed by atoms with Crippen LogP contribution in [0.15, 0.2) is 54.6 Å². The number of carbonyl (C=O) groups is 4. The maximum atomic E-state index is 14.1. The highest BCUT2D eigenvalue weighted by molar-refractivity contribution is 6.36. The second kappa shape index (κ2) is 16.4. The second-order valence-corrected chi connectivity index (χ2v) is 15.5. The number of nitrogens with zero attached hydrogens (tertiary/aromatic N) is 4. The first kappa shape index (κ1) is 35.9. The zero-order valence-corrected chi connectivity index (χ0v) is 29.8.